The number of nitrogens with zero attached hydrogens (tertiary/aromatic N) is 3. The molecule has 5 nitrogen and oxygen atoms in total. The molecule has 0 saturated carbocycles. The molecular weight excluding hydrogens is 334 g/mol. The lowest BCUT2D eigenvalue weighted by Gasteiger charge is -2.21. The molecule has 0 saturated heterocycles. The monoisotopic (exact) mass is 361 g/mol. The van der Waals surface area contributed by atoms with E-state index in [1.165, 1.54) is 16.8 Å². The van der Waals surface area contributed by atoms with Crippen LogP contribution < -0.4 is 15.5 Å². The van der Waals surface area contributed by atoms with E-state index in [9.17, 15) is 0 Å². The largest absolute Gasteiger partial charge is 0.372 e. The number of aromatic nitrogens is 2. The van der Waals surface area contributed by atoms with Crippen LogP contribution in [-0.2, 0) is 0 Å². The first-order valence-corrected chi connectivity index (χ1v) is 9.39. The minimum atomic E-state index is 0.581. The van der Waals surface area contributed by atoms with Gasteiger partial charge in [-0.15, -0.1) is 0 Å². The summed E-state index contributed by atoms with van der Waals surface area (Å²) >= 11 is 0. The van der Waals surface area contributed by atoms with E-state index in [2.05, 4.69) is 95.7 Å². The Balaban J connectivity index is 1.74. The lowest BCUT2D eigenvalue weighted by Crippen LogP contribution is -2.21. The number of anilines is 5. The molecule has 0 fully saturated rings. The Morgan fingerprint density at radius 3 is 2.15 bits per heavy atom. The van der Waals surface area contributed by atoms with Gasteiger partial charge in [-0.2, -0.15) is 4.98 Å². The smallest absolute Gasteiger partial charge is 0.229 e. The summed E-state index contributed by atoms with van der Waals surface area (Å²) in [4.78, 5) is 11.3. The fourth-order valence-electron chi connectivity index (χ4n) is 3.10. The maximum Gasteiger partial charge on any atom is 0.229 e. The van der Waals surface area contributed by atoms with Crippen LogP contribution >= 0.6 is 0 Å². The van der Waals surface area contributed by atoms with Crippen molar-refractivity contribution in [2.45, 2.75) is 27.7 Å². The molecule has 5 heteroatoms. The third kappa shape index (κ3) is 4.56. The first-order chi connectivity index (χ1) is 13.1. The van der Waals surface area contributed by atoms with Crippen molar-refractivity contribution in [3.63, 3.8) is 0 Å². The zero-order chi connectivity index (χ0) is 19.2. The number of aryl methyl sites for hydroxylation is 2. The minimum Gasteiger partial charge on any atom is -0.372 e. The van der Waals surface area contributed by atoms with Crippen LogP contribution in [0.4, 0.5) is 28.8 Å². The lowest BCUT2D eigenvalue weighted by molar-refractivity contribution is 0.866. The number of benzene rings is 2. The summed E-state index contributed by atoms with van der Waals surface area (Å²) < 4.78 is 0. The molecule has 0 spiro atoms. The van der Waals surface area contributed by atoms with Crippen LogP contribution in [0.2, 0.25) is 0 Å². The van der Waals surface area contributed by atoms with Gasteiger partial charge in [-0.25, -0.2) is 4.98 Å². The minimum absolute atomic E-state index is 0.581. The van der Waals surface area contributed by atoms with Gasteiger partial charge in [0.05, 0.1) is 0 Å². The van der Waals surface area contributed by atoms with E-state index < -0.39 is 0 Å². The highest BCUT2D eigenvalue weighted by molar-refractivity contribution is 5.65. The van der Waals surface area contributed by atoms with Crippen molar-refractivity contribution in [1.82, 2.24) is 9.97 Å². The number of hydrogen-bond donors (Lipinski definition) is 2. The lowest BCUT2D eigenvalue weighted by atomic mass is 10.1. The van der Waals surface area contributed by atoms with E-state index >= 15 is 0 Å². The summed E-state index contributed by atoms with van der Waals surface area (Å²) in [6.07, 6.45) is 1.76. The zero-order valence-electron chi connectivity index (χ0n) is 16.5. The summed E-state index contributed by atoms with van der Waals surface area (Å²) in [5.74, 6) is 1.34. The van der Waals surface area contributed by atoms with Crippen molar-refractivity contribution in [1.29, 1.82) is 0 Å². The number of rotatable bonds is 7. The summed E-state index contributed by atoms with van der Waals surface area (Å²) in [6.45, 7) is 10.5. The third-order valence-electron chi connectivity index (χ3n) is 4.64. The highest BCUT2D eigenvalue weighted by Gasteiger charge is 2.06. The first kappa shape index (κ1) is 18.7. The van der Waals surface area contributed by atoms with Crippen molar-refractivity contribution < 1.29 is 0 Å². The Kier molecular flexibility index (Phi) is 5.91. The predicted molar refractivity (Wildman–Crippen MR) is 115 cm³/mol. The second-order valence-corrected chi connectivity index (χ2v) is 6.50. The van der Waals surface area contributed by atoms with Gasteiger partial charge in [0.2, 0.25) is 5.95 Å². The standard InChI is InChI=1S/C22H27N5/c1-5-27(6-2)19-12-10-18(11-13-19)24-20-14-15-23-22(25-20)26-21-16(3)8-7-9-17(21)4/h7-15H,5-6H2,1-4H3,(H2,23,24,25,26). The molecule has 0 aliphatic rings. The Hall–Kier alpha value is -3.08. The second-order valence-electron chi connectivity index (χ2n) is 6.50. The third-order valence-corrected chi connectivity index (χ3v) is 4.64. The summed E-state index contributed by atoms with van der Waals surface area (Å²) in [5, 5.41) is 6.69. The molecule has 2 aromatic carbocycles. The van der Waals surface area contributed by atoms with Gasteiger partial charge in [0.1, 0.15) is 5.82 Å². The van der Waals surface area contributed by atoms with Gasteiger partial charge >= 0.3 is 0 Å². The Labute approximate surface area is 161 Å². The van der Waals surface area contributed by atoms with Gasteiger partial charge in [-0.05, 0) is 69.2 Å². The Morgan fingerprint density at radius 2 is 1.52 bits per heavy atom. The van der Waals surface area contributed by atoms with Crippen LogP contribution in [0.1, 0.15) is 25.0 Å². The molecule has 2 N–H and O–H groups in total. The number of nitrogens with one attached hydrogen (secondary N) is 2. The maximum absolute atomic E-state index is 4.59. The van der Waals surface area contributed by atoms with E-state index in [1.54, 1.807) is 6.20 Å². The molecule has 0 amide bonds. The van der Waals surface area contributed by atoms with E-state index in [0.717, 1.165) is 30.3 Å². The van der Waals surface area contributed by atoms with Crippen LogP contribution in [0.5, 0.6) is 0 Å². The molecular formula is C22H27N5. The van der Waals surface area contributed by atoms with E-state index in [0.29, 0.717) is 5.95 Å². The van der Waals surface area contributed by atoms with Crippen LogP contribution in [0.3, 0.4) is 0 Å². The molecule has 140 valence electrons. The van der Waals surface area contributed by atoms with Crippen molar-refractivity contribution in [3.05, 3.63) is 65.9 Å². The Morgan fingerprint density at radius 1 is 0.852 bits per heavy atom. The molecule has 1 aromatic heterocycles. The van der Waals surface area contributed by atoms with Gasteiger partial charge < -0.3 is 15.5 Å². The van der Waals surface area contributed by atoms with Gasteiger partial charge in [0.25, 0.3) is 0 Å². The van der Waals surface area contributed by atoms with Crippen molar-refractivity contribution in [2.75, 3.05) is 28.6 Å². The van der Waals surface area contributed by atoms with Crippen LogP contribution in [0.25, 0.3) is 0 Å². The first-order valence-electron chi connectivity index (χ1n) is 9.39. The molecule has 0 radical (unpaired) electrons. The maximum atomic E-state index is 4.59. The van der Waals surface area contributed by atoms with Gasteiger partial charge in [-0.1, -0.05) is 18.2 Å². The highest BCUT2D eigenvalue weighted by Crippen LogP contribution is 2.24. The van der Waals surface area contributed by atoms with Gasteiger partial charge in [0, 0.05) is 36.3 Å². The van der Waals surface area contributed by atoms with Gasteiger partial charge in [-0.3, -0.25) is 0 Å². The normalized spacial score (nSPS) is 10.5. The molecule has 0 unspecified atom stereocenters. The van der Waals surface area contributed by atoms with E-state index in [1.807, 2.05) is 6.07 Å². The van der Waals surface area contributed by atoms with Crippen LogP contribution in [0, 0.1) is 13.8 Å². The second kappa shape index (κ2) is 8.54. The zero-order valence-corrected chi connectivity index (χ0v) is 16.5. The fraction of sp³-hybridized carbons (Fsp3) is 0.273. The molecule has 0 aliphatic carbocycles. The SMILES string of the molecule is CCN(CC)c1ccc(Nc2ccnc(Nc3c(C)cccc3C)n2)cc1. The summed E-state index contributed by atoms with van der Waals surface area (Å²) in [6, 6.07) is 16.5. The molecule has 3 aromatic rings. The molecule has 0 aliphatic heterocycles. The quantitative estimate of drug-likeness (QED) is 0.588. The molecule has 27 heavy (non-hydrogen) atoms. The van der Waals surface area contributed by atoms with E-state index in [4.69, 9.17) is 0 Å². The van der Waals surface area contributed by atoms with Crippen molar-refractivity contribution in [3.8, 4) is 0 Å². The average Bonchev–Trinajstić information content (AvgIpc) is 2.67. The molecule has 0 bridgehead atoms. The van der Waals surface area contributed by atoms with Gasteiger partial charge in [0.15, 0.2) is 0 Å². The van der Waals surface area contributed by atoms with Crippen LogP contribution in [0.15, 0.2) is 54.7 Å². The van der Waals surface area contributed by atoms with E-state index in [-0.39, 0.29) is 0 Å². The molecule has 3 rings (SSSR count). The number of hydrogen-bond acceptors (Lipinski definition) is 5. The molecule has 0 atom stereocenters. The topological polar surface area (TPSA) is 53.1 Å². The molecule has 1 heterocycles. The van der Waals surface area contributed by atoms with Crippen molar-refractivity contribution in [2.24, 2.45) is 0 Å². The average molecular weight is 361 g/mol. The van der Waals surface area contributed by atoms with Crippen LogP contribution in [-0.4, -0.2) is 23.1 Å². The summed E-state index contributed by atoms with van der Waals surface area (Å²) in [5.41, 5.74) is 5.62. The van der Waals surface area contributed by atoms with Crippen molar-refractivity contribution >= 4 is 28.8 Å². The number of para-hydroxylation sites is 1. The predicted octanol–water partition coefficient (Wildman–Crippen LogP) is 5.43. The summed E-state index contributed by atoms with van der Waals surface area (Å²) in [7, 11) is 0. The highest BCUT2D eigenvalue weighted by atomic mass is 15.1. The fourth-order valence-corrected chi connectivity index (χ4v) is 3.10. The Bertz CT molecular complexity index is 865.